The molecule has 216 valence electrons. The summed E-state index contributed by atoms with van der Waals surface area (Å²) < 4.78 is 27.0. The lowest BCUT2D eigenvalue weighted by Gasteiger charge is -2.40. The summed E-state index contributed by atoms with van der Waals surface area (Å²) in [5.41, 5.74) is 3.11. The van der Waals surface area contributed by atoms with E-state index in [1.807, 2.05) is 58.9 Å². The van der Waals surface area contributed by atoms with E-state index < -0.39 is 11.4 Å². The van der Waals surface area contributed by atoms with Crippen molar-refractivity contribution in [2.45, 2.75) is 71.4 Å². The summed E-state index contributed by atoms with van der Waals surface area (Å²) in [5, 5.41) is 10.7. The Kier molecular flexibility index (Phi) is 6.83. The van der Waals surface area contributed by atoms with E-state index in [0.29, 0.717) is 48.6 Å². The molecule has 2 aromatic heterocycles. The number of allylic oxidation sites excluding steroid dienone is 1. The van der Waals surface area contributed by atoms with E-state index in [4.69, 9.17) is 9.47 Å². The molecule has 2 N–H and O–H groups in total. The van der Waals surface area contributed by atoms with E-state index in [2.05, 4.69) is 30.4 Å². The Balaban J connectivity index is 1.27. The van der Waals surface area contributed by atoms with Gasteiger partial charge in [0.2, 0.25) is 0 Å². The number of fused-ring (bicyclic) bond motifs is 1. The molecule has 0 unspecified atom stereocenters. The quantitative estimate of drug-likeness (QED) is 0.369. The number of carbonyl (C=O) groups excluding carboxylic acids is 1. The standard InChI is InChI=1S/C30H36FN7O3/c1-17-12-20-8-9-23(27(31)21(20)13-17)40-28-33-24(32-25-14-22(35-36-25)19-6-7-19)15-26(34-28)38-11-10-37(16-18(38)2)29(39)41-30(3,4)5/h8-9,13-15,18-19H,6-7,10-12,16H2,1-5H3,(H2,32,33,34,35,36)/t18-/m0/s1. The minimum atomic E-state index is -0.566. The molecule has 1 saturated heterocycles. The van der Waals surface area contributed by atoms with Crippen molar-refractivity contribution in [3.05, 3.63) is 52.5 Å². The number of benzene rings is 1. The summed E-state index contributed by atoms with van der Waals surface area (Å²) in [4.78, 5) is 25.7. The van der Waals surface area contributed by atoms with Crippen molar-refractivity contribution in [3.8, 4) is 11.8 Å². The fourth-order valence-corrected chi connectivity index (χ4v) is 5.29. The molecule has 1 atom stereocenters. The third kappa shape index (κ3) is 5.98. The van der Waals surface area contributed by atoms with Crippen LogP contribution in [-0.4, -0.2) is 62.4 Å². The van der Waals surface area contributed by atoms with Gasteiger partial charge in [0.15, 0.2) is 17.4 Å². The highest BCUT2D eigenvalue weighted by atomic mass is 19.1. The van der Waals surface area contributed by atoms with Crippen LogP contribution in [0.25, 0.3) is 6.08 Å². The number of aromatic amines is 1. The molecule has 0 radical (unpaired) electrons. The minimum absolute atomic E-state index is 0.0160. The third-order valence-corrected chi connectivity index (χ3v) is 7.43. The molecule has 2 fully saturated rings. The summed E-state index contributed by atoms with van der Waals surface area (Å²) in [6, 6.07) is 7.26. The number of amides is 1. The molecule has 0 bridgehead atoms. The maximum Gasteiger partial charge on any atom is 0.410 e. The lowest BCUT2D eigenvalue weighted by molar-refractivity contribution is 0.0218. The van der Waals surface area contributed by atoms with Crippen LogP contribution in [0.3, 0.4) is 0 Å². The maximum atomic E-state index is 15.4. The Labute approximate surface area is 239 Å². The Bertz CT molecular complexity index is 1510. The molecular formula is C30H36FN7O3. The van der Waals surface area contributed by atoms with E-state index in [0.717, 1.165) is 36.1 Å². The van der Waals surface area contributed by atoms with Gasteiger partial charge in [0.05, 0.1) is 0 Å². The van der Waals surface area contributed by atoms with Gasteiger partial charge in [0.1, 0.15) is 17.2 Å². The van der Waals surface area contributed by atoms with Gasteiger partial charge < -0.3 is 24.6 Å². The smallest absolute Gasteiger partial charge is 0.410 e. The van der Waals surface area contributed by atoms with Gasteiger partial charge in [-0.1, -0.05) is 17.7 Å². The number of aromatic nitrogens is 4. The van der Waals surface area contributed by atoms with Crippen molar-refractivity contribution >= 4 is 29.6 Å². The number of ether oxygens (including phenoxy) is 2. The van der Waals surface area contributed by atoms with E-state index in [1.54, 1.807) is 11.0 Å². The molecule has 3 aromatic rings. The molecule has 2 aliphatic carbocycles. The van der Waals surface area contributed by atoms with E-state index >= 15 is 4.39 Å². The molecule has 1 aromatic carbocycles. The number of anilines is 3. The van der Waals surface area contributed by atoms with Gasteiger partial charge >= 0.3 is 12.1 Å². The van der Waals surface area contributed by atoms with E-state index in [9.17, 15) is 4.79 Å². The highest BCUT2D eigenvalue weighted by Gasteiger charge is 2.31. The highest BCUT2D eigenvalue weighted by molar-refractivity contribution is 5.69. The predicted molar refractivity (Wildman–Crippen MR) is 154 cm³/mol. The van der Waals surface area contributed by atoms with Gasteiger partial charge in [-0.15, -0.1) is 0 Å². The largest absolute Gasteiger partial charge is 0.444 e. The Morgan fingerprint density at radius 2 is 1.95 bits per heavy atom. The summed E-state index contributed by atoms with van der Waals surface area (Å²) >= 11 is 0. The fraction of sp³-hybridized carbons (Fsp3) is 0.467. The number of hydrogen-bond donors (Lipinski definition) is 2. The van der Waals surface area contributed by atoms with Gasteiger partial charge in [0.25, 0.3) is 0 Å². The summed E-state index contributed by atoms with van der Waals surface area (Å²) in [6.45, 7) is 11.0. The first-order valence-corrected chi connectivity index (χ1v) is 14.1. The molecule has 1 aliphatic heterocycles. The van der Waals surface area contributed by atoms with Crippen molar-refractivity contribution in [3.63, 3.8) is 0 Å². The molecule has 3 aliphatic rings. The monoisotopic (exact) mass is 561 g/mol. The van der Waals surface area contributed by atoms with Gasteiger partial charge in [-0.3, -0.25) is 5.10 Å². The zero-order valence-corrected chi connectivity index (χ0v) is 24.1. The van der Waals surface area contributed by atoms with Crippen LogP contribution >= 0.6 is 0 Å². The summed E-state index contributed by atoms with van der Waals surface area (Å²) in [6.07, 6.45) is 4.56. The zero-order chi connectivity index (χ0) is 28.9. The molecule has 41 heavy (non-hydrogen) atoms. The number of hydrogen-bond acceptors (Lipinski definition) is 8. The number of halogens is 1. The molecule has 1 amide bonds. The first-order valence-electron chi connectivity index (χ1n) is 14.1. The van der Waals surface area contributed by atoms with Crippen LogP contribution < -0.4 is 15.0 Å². The van der Waals surface area contributed by atoms with Crippen molar-refractivity contribution < 1.29 is 18.7 Å². The molecule has 11 heteroatoms. The van der Waals surface area contributed by atoms with Crippen LogP contribution in [0.1, 0.15) is 70.2 Å². The SMILES string of the molecule is CC1=Cc2c(ccc(Oc3nc(Nc4cc(C5CC5)[nH]n4)cc(N4CCN(C(=O)OC(C)(C)C)C[C@@H]4C)n3)c2F)C1. The van der Waals surface area contributed by atoms with Crippen molar-refractivity contribution in [2.24, 2.45) is 0 Å². The van der Waals surface area contributed by atoms with Gasteiger partial charge in [-0.05, 0) is 65.5 Å². The second-order valence-electron chi connectivity index (χ2n) is 12.2. The minimum Gasteiger partial charge on any atom is -0.444 e. The Hall–Kier alpha value is -4.15. The van der Waals surface area contributed by atoms with Crippen LogP contribution in [-0.2, 0) is 11.2 Å². The average molecular weight is 562 g/mol. The molecule has 0 spiro atoms. The summed E-state index contributed by atoms with van der Waals surface area (Å²) in [5.74, 6) is 1.87. The van der Waals surface area contributed by atoms with Crippen LogP contribution in [0, 0.1) is 5.82 Å². The molecule has 1 saturated carbocycles. The second-order valence-corrected chi connectivity index (χ2v) is 12.2. The summed E-state index contributed by atoms with van der Waals surface area (Å²) in [7, 11) is 0. The van der Waals surface area contributed by atoms with Crippen LogP contribution in [0.15, 0.2) is 29.8 Å². The topological polar surface area (TPSA) is 108 Å². The zero-order valence-electron chi connectivity index (χ0n) is 24.1. The maximum absolute atomic E-state index is 15.4. The number of piperazine rings is 1. The van der Waals surface area contributed by atoms with Gasteiger partial charge in [0, 0.05) is 55.0 Å². The molecule has 10 nitrogen and oxygen atoms in total. The predicted octanol–water partition coefficient (Wildman–Crippen LogP) is 6.16. The lowest BCUT2D eigenvalue weighted by atomic mass is 10.1. The Morgan fingerprint density at radius 3 is 2.68 bits per heavy atom. The normalized spacial score (nSPS) is 18.7. The van der Waals surface area contributed by atoms with Crippen molar-refractivity contribution in [1.82, 2.24) is 25.1 Å². The number of rotatable bonds is 6. The van der Waals surface area contributed by atoms with Crippen molar-refractivity contribution in [1.29, 1.82) is 0 Å². The number of nitrogens with zero attached hydrogens (tertiary/aromatic N) is 5. The van der Waals surface area contributed by atoms with Gasteiger partial charge in [-0.2, -0.15) is 15.1 Å². The fourth-order valence-electron chi connectivity index (χ4n) is 5.29. The first kappa shape index (κ1) is 27.0. The van der Waals surface area contributed by atoms with Crippen LogP contribution in [0.4, 0.5) is 26.6 Å². The van der Waals surface area contributed by atoms with E-state index in [-0.39, 0.29) is 23.9 Å². The third-order valence-electron chi connectivity index (χ3n) is 7.43. The van der Waals surface area contributed by atoms with Crippen LogP contribution in [0.5, 0.6) is 11.8 Å². The van der Waals surface area contributed by atoms with Gasteiger partial charge in [-0.25, -0.2) is 9.18 Å². The van der Waals surface area contributed by atoms with Crippen LogP contribution in [0.2, 0.25) is 0 Å². The Morgan fingerprint density at radius 1 is 1.15 bits per heavy atom. The highest BCUT2D eigenvalue weighted by Crippen LogP contribution is 2.40. The molecule has 3 heterocycles. The second kappa shape index (κ2) is 10.4. The van der Waals surface area contributed by atoms with Crippen molar-refractivity contribution in [2.75, 3.05) is 29.9 Å². The molecule has 6 rings (SSSR count). The van der Waals surface area contributed by atoms with E-state index in [1.165, 1.54) is 0 Å². The average Bonchev–Trinajstić information content (AvgIpc) is 3.52. The number of nitrogens with one attached hydrogen (secondary N) is 2. The number of carbonyl (C=O) groups is 1. The lowest BCUT2D eigenvalue weighted by Crippen LogP contribution is -2.54. The molecular weight excluding hydrogens is 525 g/mol. The number of H-pyrrole nitrogens is 1. The first-order chi connectivity index (χ1) is 19.5.